The molecule has 0 aliphatic carbocycles. The third kappa shape index (κ3) is 4.67. The SMILES string of the molecule is Cc1cc(NCCC(=O)N2CCN(c3ccccn3)CC2)n2nc(C(F)(F)F)nc2n1. The minimum Gasteiger partial charge on any atom is -0.369 e. The standard InChI is InChI=1S/C19H21F3N8O/c1-13-12-15(30-18(25-13)26-17(27-30)19(20,21)22)24-7-5-16(31)29-10-8-28(9-11-29)14-4-2-3-6-23-14/h2-4,6,12,24H,5,7-11H2,1H3. The smallest absolute Gasteiger partial charge is 0.369 e. The number of carbonyl (C=O) groups excluding carboxylic acids is 1. The molecular weight excluding hydrogens is 413 g/mol. The zero-order valence-corrected chi connectivity index (χ0v) is 16.8. The van der Waals surface area contributed by atoms with Gasteiger partial charge in [-0.1, -0.05) is 6.07 Å². The summed E-state index contributed by atoms with van der Waals surface area (Å²) in [4.78, 5) is 28.2. The molecule has 164 valence electrons. The lowest BCUT2D eigenvalue weighted by atomic mass is 10.2. The van der Waals surface area contributed by atoms with Crippen LogP contribution in [0.1, 0.15) is 17.9 Å². The Bertz CT molecular complexity index is 1060. The molecule has 0 radical (unpaired) electrons. The molecule has 9 nitrogen and oxygen atoms in total. The maximum absolute atomic E-state index is 12.9. The van der Waals surface area contributed by atoms with Gasteiger partial charge in [0.25, 0.3) is 11.6 Å². The number of amides is 1. The van der Waals surface area contributed by atoms with E-state index < -0.39 is 12.0 Å². The lowest BCUT2D eigenvalue weighted by Gasteiger charge is -2.35. The van der Waals surface area contributed by atoms with E-state index in [2.05, 4.69) is 30.3 Å². The Labute approximate surface area is 175 Å². The van der Waals surface area contributed by atoms with E-state index in [1.807, 2.05) is 18.2 Å². The van der Waals surface area contributed by atoms with Crippen LogP contribution in [0.3, 0.4) is 0 Å². The van der Waals surface area contributed by atoms with Gasteiger partial charge in [0, 0.05) is 57.1 Å². The summed E-state index contributed by atoms with van der Waals surface area (Å²) in [6, 6.07) is 7.29. The fourth-order valence-electron chi connectivity index (χ4n) is 3.41. The first kappa shape index (κ1) is 20.8. The number of nitrogens with one attached hydrogen (secondary N) is 1. The van der Waals surface area contributed by atoms with Crippen LogP contribution >= 0.6 is 0 Å². The van der Waals surface area contributed by atoms with E-state index in [9.17, 15) is 18.0 Å². The quantitative estimate of drug-likeness (QED) is 0.657. The highest BCUT2D eigenvalue weighted by molar-refractivity contribution is 5.77. The summed E-state index contributed by atoms with van der Waals surface area (Å²) in [6.07, 6.45) is -2.72. The number of pyridine rings is 1. The Morgan fingerprint density at radius 1 is 1.16 bits per heavy atom. The van der Waals surface area contributed by atoms with Crippen molar-refractivity contribution in [2.45, 2.75) is 19.5 Å². The van der Waals surface area contributed by atoms with Crippen LogP contribution in [-0.2, 0) is 11.0 Å². The number of carbonyl (C=O) groups is 1. The molecule has 4 heterocycles. The molecule has 0 saturated carbocycles. The first-order valence-corrected chi connectivity index (χ1v) is 9.80. The molecule has 31 heavy (non-hydrogen) atoms. The van der Waals surface area contributed by atoms with Crippen LogP contribution in [0.15, 0.2) is 30.5 Å². The first-order chi connectivity index (χ1) is 14.8. The van der Waals surface area contributed by atoms with E-state index >= 15 is 0 Å². The molecule has 3 aromatic rings. The van der Waals surface area contributed by atoms with Crippen molar-refractivity contribution >= 4 is 23.3 Å². The van der Waals surface area contributed by atoms with Crippen molar-refractivity contribution in [2.24, 2.45) is 0 Å². The number of hydrogen-bond donors (Lipinski definition) is 1. The Morgan fingerprint density at radius 2 is 1.94 bits per heavy atom. The fourth-order valence-corrected chi connectivity index (χ4v) is 3.41. The largest absolute Gasteiger partial charge is 0.453 e. The van der Waals surface area contributed by atoms with Crippen LogP contribution in [0, 0.1) is 6.92 Å². The lowest BCUT2D eigenvalue weighted by molar-refractivity contribution is -0.144. The fraction of sp³-hybridized carbons (Fsp3) is 0.421. The molecule has 3 aromatic heterocycles. The Morgan fingerprint density at radius 3 is 2.61 bits per heavy atom. The van der Waals surface area contributed by atoms with Gasteiger partial charge < -0.3 is 15.1 Å². The minimum absolute atomic E-state index is 0.0234. The van der Waals surface area contributed by atoms with E-state index in [0.717, 1.165) is 10.3 Å². The summed E-state index contributed by atoms with van der Waals surface area (Å²) < 4.78 is 39.7. The van der Waals surface area contributed by atoms with Gasteiger partial charge in [-0.25, -0.2) is 9.97 Å². The van der Waals surface area contributed by atoms with Crippen molar-refractivity contribution in [3.8, 4) is 0 Å². The predicted octanol–water partition coefficient (Wildman–Crippen LogP) is 2.00. The number of alkyl halides is 3. The van der Waals surface area contributed by atoms with Gasteiger partial charge >= 0.3 is 6.18 Å². The second-order valence-electron chi connectivity index (χ2n) is 7.16. The van der Waals surface area contributed by atoms with Gasteiger partial charge in [0.15, 0.2) is 0 Å². The van der Waals surface area contributed by atoms with Crippen molar-refractivity contribution in [3.63, 3.8) is 0 Å². The van der Waals surface area contributed by atoms with Gasteiger partial charge in [-0.15, -0.1) is 5.10 Å². The number of hydrogen-bond acceptors (Lipinski definition) is 7. The summed E-state index contributed by atoms with van der Waals surface area (Å²) in [5.74, 6) is -0.232. The molecule has 12 heteroatoms. The van der Waals surface area contributed by atoms with Crippen molar-refractivity contribution < 1.29 is 18.0 Å². The monoisotopic (exact) mass is 434 g/mol. The highest BCUT2D eigenvalue weighted by Crippen LogP contribution is 2.27. The minimum atomic E-state index is -4.66. The van der Waals surface area contributed by atoms with Gasteiger partial charge in [-0.3, -0.25) is 4.79 Å². The molecule has 1 saturated heterocycles. The van der Waals surface area contributed by atoms with Gasteiger partial charge in [0.1, 0.15) is 11.6 Å². The van der Waals surface area contributed by atoms with Crippen LogP contribution in [-0.4, -0.2) is 68.1 Å². The molecule has 1 N–H and O–H groups in total. The molecule has 0 spiro atoms. The third-order valence-electron chi connectivity index (χ3n) is 4.94. The van der Waals surface area contributed by atoms with Crippen molar-refractivity contribution in [2.75, 3.05) is 42.9 Å². The summed E-state index contributed by atoms with van der Waals surface area (Å²) in [5.41, 5.74) is 0.494. The summed E-state index contributed by atoms with van der Waals surface area (Å²) >= 11 is 0. The molecule has 1 fully saturated rings. The van der Waals surface area contributed by atoms with E-state index in [1.165, 1.54) is 0 Å². The van der Waals surface area contributed by atoms with Crippen molar-refractivity contribution in [1.82, 2.24) is 29.5 Å². The zero-order valence-electron chi connectivity index (χ0n) is 16.8. The summed E-state index contributed by atoms with van der Waals surface area (Å²) in [5, 5.41) is 6.48. The van der Waals surface area contributed by atoms with Crippen molar-refractivity contribution in [1.29, 1.82) is 0 Å². The highest BCUT2D eigenvalue weighted by atomic mass is 19.4. The zero-order chi connectivity index (χ0) is 22.0. The predicted molar refractivity (Wildman–Crippen MR) is 107 cm³/mol. The Hall–Kier alpha value is -3.44. The average Bonchev–Trinajstić information content (AvgIpc) is 3.19. The van der Waals surface area contributed by atoms with Crippen LogP contribution < -0.4 is 10.2 Å². The molecule has 1 aliphatic heterocycles. The van der Waals surface area contributed by atoms with E-state index in [0.29, 0.717) is 37.7 Å². The lowest BCUT2D eigenvalue weighted by Crippen LogP contribution is -2.49. The highest BCUT2D eigenvalue weighted by Gasteiger charge is 2.36. The van der Waals surface area contributed by atoms with Gasteiger partial charge in [-0.05, 0) is 19.1 Å². The summed E-state index contributed by atoms with van der Waals surface area (Å²) in [6.45, 7) is 4.47. The van der Waals surface area contributed by atoms with Gasteiger partial charge in [-0.2, -0.15) is 22.7 Å². The van der Waals surface area contributed by atoms with Crippen LogP contribution in [0.2, 0.25) is 0 Å². The van der Waals surface area contributed by atoms with Crippen LogP contribution in [0.4, 0.5) is 24.8 Å². The number of nitrogens with zero attached hydrogens (tertiary/aromatic N) is 7. The number of aromatic nitrogens is 5. The molecule has 0 aromatic carbocycles. The molecule has 4 rings (SSSR count). The molecule has 1 aliphatic rings. The van der Waals surface area contributed by atoms with E-state index in [1.54, 1.807) is 24.1 Å². The average molecular weight is 434 g/mol. The Balaban J connectivity index is 1.34. The van der Waals surface area contributed by atoms with Gasteiger partial charge in [0.2, 0.25) is 5.91 Å². The molecule has 0 atom stereocenters. The number of halogens is 3. The Kier molecular flexibility index (Phi) is 5.61. The van der Waals surface area contributed by atoms with Gasteiger partial charge in [0.05, 0.1) is 0 Å². The summed E-state index contributed by atoms with van der Waals surface area (Å²) in [7, 11) is 0. The molecule has 0 unspecified atom stereocenters. The number of fused-ring (bicyclic) bond motifs is 1. The first-order valence-electron chi connectivity index (χ1n) is 9.80. The number of aryl methyl sites for hydroxylation is 1. The number of rotatable bonds is 5. The van der Waals surface area contributed by atoms with E-state index in [-0.39, 0.29) is 24.7 Å². The maximum Gasteiger partial charge on any atom is 0.453 e. The van der Waals surface area contributed by atoms with Crippen molar-refractivity contribution in [3.05, 3.63) is 42.0 Å². The molecule has 0 bridgehead atoms. The van der Waals surface area contributed by atoms with Crippen LogP contribution in [0.25, 0.3) is 5.78 Å². The van der Waals surface area contributed by atoms with E-state index in [4.69, 9.17) is 0 Å². The third-order valence-corrected chi connectivity index (χ3v) is 4.94. The topological polar surface area (TPSA) is 91.6 Å². The van der Waals surface area contributed by atoms with Crippen LogP contribution in [0.5, 0.6) is 0 Å². The normalized spacial score (nSPS) is 14.8. The second kappa shape index (κ2) is 8.36. The number of piperazine rings is 1. The number of anilines is 2. The molecular formula is C19H21F3N8O. The maximum atomic E-state index is 12.9. The second-order valence-corrected chi connectivity index (χ2v) is 7.16. The molecule has 1 amide bonds.